The Kier molecular flexibility index (Phi) is 6.17. The number of para-hydroxylation sites is 1. The number of carbonyl (C=O) groups excluding carboxylic acids is 2. The van der Waals surface area contributed by atoms with Crippen molar-refractivity contribution < 1.29 is 27.1 Å². The number of esters is 1. The Morgan fingerprint density at radius 3 is 2.22 bits per heavy atom. The lowest BCUT2D eigenvalue weighted by Crippen LogP contribution is -2.45. The molecule has 9 heteroatoms. The maximum Gasteiger partial charge on any atom is 0.337 e. The number of nitrogens with zero attached hydrogens (tertiary/aromatic N) is 1. The molecule has 1 atom stereocenters. The fourth-order valence-corrected chi connectivity index (χ4v) is 3.64. The van der Waals surface area contributed by atoms with Crippen LogP contribution >= 0.6 is 0 Å². The van der Waals surface area contributed by atoms with Gasteiger partial charge < -0.3 is 10.1 Å². The van der Waals surface area contributed by atoms with E-state index >= 15 is 0 Å². The zero-order valence-electron chi connectivity index (χ0n) is 15.0. The molecule has 7 nitrogen and oxygen atoms in total. The first-order chi connectivity index (χ1) is 12.6. The van der Waals surface area contributed by atoms with Crippen molar-refractivity contribution in [3.8, 4) is 0 Å². The Bertz CT molecular complexity index is 944. The summed E-state index contributed by atoms with van der Waals surface area (Å²) in [6, 6.07) is 9.95. The summed E-state index contributed by atoms with van der Waals surface area (Å²) < 4.78 is 43.7. The van der Waals surface area contributed by atoms with Crippen LogP contribution in [0.3, 0.4) is 0 Å². The molecule has 0 spiro atoms. The van der Waals surface area contributed by atoms with E-state index in [2.05, 4.69) is 10.1 Å². The van der Waals surface area contributed by atoms with Gasteiger partial charge in [-0.1, -0.05) is 12.1 Å². The molecule has 144 valence electrons. The smallest absolute Gasteiger partial charge is 0.337 e. The predicted molar refractivity (Wildman–Crippen MR) is 99.6 cm³/mol. The van der Waals surface area contributed by atoms with Crippen molar-refractivity contribution in [3.63, 3.8) is 0 Å². The average Bonchev–Trinajstić information content (AvgIpc) is 2.62. The minimum atomic E-state index is -3.93. The third-order valence-corrected chi connectivity index (χ3v) is 4.98. The van der Waals surface area contributed by atoms with E-state index in [-0.39, 0.29) is 5.69 Å². The lowest BCUT2D eigenvalue weighted by Gasteiger charge is -2.28. The van der Waals surface area contributed by atoms with Gasteiger partial charge in [-0.25, -0.2) is 17.6 Å². The Balaban J connectivity index is 2.25. The third-order valence-electron chi connectivity index (χ3n) is 3.75. The minimum absolute atomic E-state index is 0.219. The van der Waals surface area contributed by atoms with Crippen molar-refractivity contribution >= 4 is 33.3 Å². The van der Waals surface area contributed by atoms with Crippen molar-refractivity contribution in [1.82, 2.24) is 0 Å². The summed E-state index contributed by atoms with van der Waals surface area (Å²) in [4.78, 5) is 24.0. The molecule has 1 amide bonds. The highest BCUT2D eigenvalue weighted by atomic mass is 32.2. The van der Waals surface area contributed by atoms with Gasteiger partial charge in [-0.15, -0.1) is 0 Å². The SMILES string of the molecule is COC(=O)c1ccc(NC(=O)C(C)N(c2ccccc2F)S(C)(=O)=O)cc1. The van der Waals surface area contributed by atoms with Gasteiger partial charge in [0.2, 0.25) is 15.9 Å². The summed E-state index contributed by atoms with van der Waals surface area (Å²) in [6.45, 7) is 1.35. The Morgan fingerprint density at radius 2 is 1.70 bits per heavy atom. The zero-order chi connectivity index (χ0) is 20.2. The quantitative estimate of drug-likeness (QED) is 0.760. The summed E-state index contributed by atoms with van der Waals surface area (Å²) in [5.41, 5.74) is 0.429. The molecule has 0 saturated carbocycles. The molecule has 0 bridgehead atoms. The number of carbonyl (C=O) groups is 2. The van der Waals surface area contributed by atoms with Crippen molar-refractivity contribution in [3.05, 3.63) is 59.9 Å². The van der Waals surface area contributed by atoms with Crippen LogP contribution in [-0.4, -0.2) is 39.7 Å². The second kappa shape index (κ2) is 8.17. The highest BCUT2D eigenvalue weighted by Crippen LogP contribution is 2.24. The lowest BCUT2D eigenvalue weighted by molar-refractivity contribution is -0.116. The molecule has 0 aromatic heterocycles. The number of sulfonamides is 1. The number of benzene rings is 2. The summed E-state index contributed by atoms with van der Waals surface area (Å²) >= 11 is 0. The van der Waals surface area contributed by atoms with E-state index in [1.54, 1.807) is 0 Å². The van der Waals surface area contributed by atoms with Crippen LogP contribution in [0.2, 0.25) is 0 Å². The number of methoxy groups -OCH3 is 1. The van der Waals surface area contributed by atoms with Gasteiger partial charge in [-0.05, 0) is 43.3 Å². The van der Waals surface area contributed by atoms with Crippen LogP contribution in [0.15, 0.2) is 48.5 Å². The van der Waals surface area contributed by atoms with Crippen LogP contribution < -0.4 is 9.62 Å². The molecule has 0 heterocycles. The highest BCUT2D eigenvalue weighted by molar-refractivity contribution is 7.92. The summed E-state index contributed by atoms with van der Waals surface area (Å²) in [7, 11) is -2.67. The molecule has 2 rings (SSSR count). The molecule has 0 saturated heterocycles. The standard InChI is InChI=1S/C18H19FN2O5S/c1-12(21(27(3,24)25)16-7-5-4-6-15(16)19)17(22)20-14-10-8-13(9-11-14)18(23)26-2/h4-12H,1-3H3,(H,20,22). The predicted octanol–water partition coefficient (Wildman–Crippen LogP) is 2.41. The Hall–Kier alpha value is -2.94. The van der Waals surface area contributed by atoms with E-state index in [1.165, 1.54) is 56.5 Å². The molecule has 0 aliphatic carbocycles. The van der Waals surface area contributed by atoms with Gasteiger partial charge in [-0.2, -0.15) is 0 Å². The Labute approximate surface area is 156 Å². The summed E-state index contributed by atoms with van der Waals surface area (Å²) in [5, 5.41) is 2.55. The molecule has 1 N–H and O–H groups in total. The molecular formula is C18H19FN2O5S. The van der Waals surface area contributed by atoms with Crippen LogP contribution in [0.5, 0.6) is 0 Å². The van der Waals surface area contributed by atoms with Crippen LogP contribution in [0, 0.1) is 5.82 Å². The van der Waals surface area contributed by atoms with Gasteiger partial charge in [0, 0.05) is 5.69 Å². The lowest BCUT2D eigenvalue weighted by atomic mass is 10.2. The third kappa shape index (κ3) is 4.82. The molecule has 27 heavy (non-hydrogen) atoms. The monoisotopic (exact) mass is 394 g/mol. The second-order valence-electron chi connectivity index (χ2n) is 5.74. The molecule has 0 radical (unpaired) electrons. The number of hydrogen-bond acceptors (Lipinski definition) is 5. The van der Waals surface area contributed by atoms with Crippen LogP contribution in [-0.2, 0) is 19.6 Å². The maximum absolute atomic E-state index is 14.1. The van der Waals surface area contributed by atoms with Gasteiger partial charge in [0.1, 0.15) is 11.9 Å². The fourth-order valence-electron chi connectivity index (χ4n) is 2.47. The second-order valence-corrected chi connectivity index (χ2v) is 7.60. The van der Waals surface area contributed by atoms with E-state index < -0.39 is 33.8 Å². The van der Waals surface area contributed by atoms with Crippen molar-refractivity contribution in [2.24, 2.45) is 0 Å². The maximum atomic E-state index is 14.1. The summed E-state index contributed by atoms with van der Waals surface area (Å²) in [6.07, 6.45) is 0.897. The summed E-state index contributed by atoms with van der Waals surface area (Å²) in [5.74, 6) is -1.94. The van der Waals surface area contributed by atoms with Crippen molar-refractivity contribution in [2.75, 3.05) is 23.0 Å². The van der Waals surface area contributed by atoms with Crippen LogP contribution in [0.1, 0.15) is 17.3 Å². The molecule has 0 fully saturated rings. The van der Waals surface area contributed by atoms with E-state index in [4.69, 9.17) is 0 Å². The topological polar surface area (TPSA) is 92.8 Å². The number of anilines is 2. The Morgan fingerprint density at radius 1 is 1.11 bits per heavy atom. The van der Waals surface area contributed by atoms with E-state index in [1.807, 2.05) is 0 Å². The van der Waals surface area contributed by atoms with E-state index in [0.717, 1.165) is 16.6 Å². The first-order valence-corrected chi connectivity index (χ1v) is 9.73. The number of ether oxygens (including phenoxy) is 1. The number of amides is 1. The highest BCUT2D eigenvalue weighted by Gasteiger charge is 2.31. The number of hydrogen-bond donors (Lipinski definition) is 1. The van der Waals surface area contributed by atoms with Gasteiger partial charge in [0.05, 0.1) is 24.6 Å². The van der Waals surface area contributed by atoms with Gasteiger partial charge in [0.15, 0.2) is 0 Å². The van der Waals surface area contributed by atoms with Crippen molar-refractivity contribution in [2.45, 2.75) is 13.0 Å². The van der Waals surface area contributed by atoms with Gasteiger partial charge >= 0.3 is 5.97 Å². The first kappa shape index (κ1) is 20.4. The molecule has 0 aliphatic rings. The average molecular weight is 394 g/mol. The fraction of sp³-hybridized carbons (Fsp3) is 0.222. The van der Waals surface area contributed by atoms with E-state index in [0.29, 0.717) is 11.3 Å². The molecule has 1 unspecified atom stereocenters. The number of nitrogens with one attached hydrogen (secondary N) is 1. The molecule has 0 aliphatic heterocycles. The van der Waals surface area contributed by atoms with Crippen molar-refractivity contribution in [1.29, 1.82) is 0 Å². The van der Waals surface area contributed by atoms with E-state index in [9.17, 15) is 22.4 Å². The van der Waals surface area contributed by atoms with Crippen LogP contribution in [0.4, 0.5) is 15.8 Å². The molecular weight excluding hydrogens is 375 g/mol. The molecule has 2 aromatic rings. The van der Waals surface area contributed by atoms with Gasteiger partial charge in [0.25, 0.3) is 0 Å². The first-order valence-electron chi connectivity index (χ1n) is 7.88. The largest absolute Gasteiger partial charge is 0.465 e. The van der Waals surface area contributed by atoms with Crippen LogP contribution in [0.25, 0.3) is 0 Å². The number of halogens is 1. The zero-order valence-corrected chi connectivity index (χ0v) is 15.8. The molecule has 2 aromatic carbocycles. The minimum Gasteiger partial charge on any atom is -0.465 e. The normalized spacial score (nSPS) is 12.1. The number of rotatable bonds is 6. The van der Waals surface area contributed by atoms with Gasteiger partial charge in [-0.3, -0.25) is 9.10 Å².